The van der Waals surface area contributed by atoms with Gasteiger partial charge in [-0.3, -0.25) is 4.79 Å². The second-order valence-corrected chi connectivity index (χ2v) is 3.49. The predicted octanol–water partition coefficient (Wildman–Crippen LogP) is 1.93. The molecule has 1 rings (SSSR count). The summed E-state index contributed by atoms with van der Waals surface area (Å²) in [7, 11) is 1.65. The normalized spacial score (nSPS) is 10.2. The van der Waals surface area contributed by atoms with Gasteiger partial charge in [0.1, 0.15) is 12.0 Å². The molecular weight excluding hydrogens is 220 g/mol. The van der Waals surface area contributed by atoms with E-state index in [1.165, 1.54) is 0 Å². The number of methoxy groups -OCH3 is 1. The SMILES string of the molecule is COCCOCCCOc1ccc(C=O)cc1. The summed E-state index contributed by atoms with van der Waals surface area (Å²) in [6, 6.07) is 7.04. The van der Waals surface area contributed by atoms with Crippen molar-refractivity contribution in [3.8, 4) is 5.75 Å². The van der Waals surface area contributed by atoms with Crippen LogP contribution in [-0.4, -0.2) is 39.8 Å². The Hall–Kier alpha value is -1.39. The molecule has 0 radical (unpaired) electrons. The van der Waals surface area contributed by atoms with E-state index < -0.39 is 0 Å². The van der Waals surface area contributed by atoms with E-state index in [1.807, 2.05) is 0 Å². The summed E-state index contributed by atoms with van der Waals surface area (Å²) >= 11 is 0. The molecule has 0 saturated carbocycles. The molecule has 0 spiro atoms. The van der Waals surface area contributed by atoms with Gasteiger partial charge in [0, 0.05) is 25.7 Å². The molecule has 0 bridgehead atoms. The number of carbonyl (C=O) groups excluding carboxylic acids is 1. The maximum Gasteiger partial charge on any atom is 0.150 e. The Morgan fingerprint density at radius 3 is 2.47 bits per heavy atom. The van der Waals surface area contributed by atoms with Crippen molar-refractivity contribution in [2.75, 3.05) is 33.5 Å². The van der Waals surface area contributed by atoms with Gasteiger partial charge in [-0.1, -0.05) is 0 Å². The molecule has 1 aromatic rings. The lowest BCUT2D eigenvalue weighted by Gasteiger charge is -2.06. The molecule has 0 aromatic heterocycles. The molecule has 0 aliphatic heterocycles. The third-order valence-corrected chi connectivity index (χ3v) is 2.15. The molecule has 0 N–H and O–H groups in total. The first-order chi connectivity index (χ1) is 8.36. The van der Waals surface area contributed by atoms with Crippen LogP contribution in [0.25, 0.3) is 0 Å². The molecule has 0 fully saturated rings. The van der Waals surface area contributed by atoms with E-state index in [-0.39, 0.29) is 0 Å². The molecule has 0 amide bonds. The Labute approximate surface area is 101 Å². The largest absolute Gasteiger partial charge is 0.494 e. The summed E-state index contributed by atoms with van der Waals surface area (Å²) in [5, 5.41) is 0. The molecule has 0 atom stereocenters. The van der Waals surface area contributed by atoms with Crippen LogP contribution in [0.2, 0.25) is 0 Å². The average molecular weight is 238 g/mol. The molecule has 0 aliphatic carbocycles. The van der Waals surface area contributed by atoms with Gasteiger partial charge in [-0.25, -0.2) is 0 Å². The zero-order valence-corrected chi connectivity index (χ0v) is 10.1. The summed E-state index contributed by atoms with van der Waals surface area (Å²) in [5.41, 5.74) is 0.653. The van der Waals surface area contributed by atoms with Gasteiger partial charge in [-0.05, 0) is 24.3 Å². The van der Waals surface area contributed by atoms with E-state index in [2.05, 4.69) is 0 Å². The van der Waals surface area contributed by atoms with E-state index in [0.29, 0.717) is 32.0 Å². The van der Waals surface area contributed by atoms with Gasteiger partial charge in [0.15, 0.2) is 0 Å². The lowest BCUT2D eigenvalue weighted by atomic mass is 10.2. The molecule has 4 nitrogen and oxygen atoms in total. The van der Waals surface area contributed by atoms with Crippen molar-refractivity contribution in [2.24, 2.45) is 0 Å². The van der Waals surface area contributed by atoms with Crippen LogP contribution >= 0.6 is 0 Å². The van der Waals surface area contributed by atoms with Crippen molar-refractivity contribution in [3.63, 3.8) is 0 Å². The van der Waals surface area contributed by atoms with E-state index in [9.17, 15) is 4.79 Å². The monoisotopic (exact) mass is 238 g/mol. The van der Waals surface area contributed by atoms with E-state index in [4.69, 9.17) is 14.2 Å². The molecule has 0 saturated heterocycles. The summed E-state index contributed by atoms with van der Waals surface area (Å²) in [6.07, 6.45) is 1.65. The molecule has 4 heteroatoms. The van der Waals surface area contributed by atoms with Gasteiger partial charge in [0.25, 0.3) is 0 Å². The number of ether oxygens (including phenoxy) is 3. The van der Waals surface area contributed by atoms with Gasteiger partial charge >= 0.3 is 0 Å². The van der Waals surface area contributed by atoms with Crippen LogP contribution in [0.3, 0.4) is 0 Å². The zero-order valence-electron chi connectivity index (χ0n) is 10.1. The minimum atomic E-state index is 0.605. The van der Waals surface area contributed by atoms with Gasteiger partial charge in [0.05, 0.1) is 19.8 Å². The highest BCUT2D eigenvalue weighted by Crippen LogP contribution is 2.11. The topological polar surface area (TPSA) is 44.8 Å². The van der Waals surface area contributed by atoms with E-state index in [1.54, 1.807) is 31.4 Å². The Morgan fingerprint density at radius 2 is 1.82 bits per heavy atom. The number of aldehydes is 1. The fourth-order valence-corrected chi connectivity index (χ4v) is 1.24. The van der Waals surface area contributed by atoms with Crippen molar-refractivity contribution < 1.29 is 19.0 Å². The van der Waals surface area contributed by atoms with Crippen LogP contribution in [0.5, 0.6) is 5.75 Å². The third kappa shape index (κ3) is 6.04. The highest BCUT2D eigenvalue weighted by Gasteiger charge is 1.95. The average Bonchev–Trinajstić information content (AvgIpc) is 2.38. The quantitative estimate of drug-likeness (QED) is 0.487. The van der Waals surface area contributed by atoms with Crippen molar-refractivity contribution >= 4 is 6.29 Å². The van der Waals surface area contributed by atoms with Crippen LogP contribution in [0.1, 0.15) is 16.8 Å². The van der Waals surface area contributed by atoms with Gasteiger partial charge in [-0.2, -0.15) is 0 Å². The third-order valence-electron chi connectivity index (χ3n) is 2.15. The van der Waals surface area contributed by atoms with Crippen LogP contribution in [0.4, 0.5) is 0 Å². The molecule has 0 unspecified atom stereocenters. The molecule has 0 heterocycles. The predicted molar refractivity (Wildman–Crippen MR) is 64.6 cm³/mol. The first-order valence-corrected chi connectivity index (χ1v) is 5.61. The summed E-state index contributed by atoms with van der Waals surface area (Å²) in [6.45, 7) is 2.50. The van der Waals surface area contributed by atoms with Crippen LogP contribution in [0.15, 0.2) is 24.3 Å². The van der Waals surface area contributed by atoms with Gasteiger partial charge < -0.3 is 14.2 Å². The lowest BCUT2D eigenvalue weighted by molar-refractivity contribution is 0.0644. The zero-order chi connectivity index (χ0) is 12.3. The Morgan fingerprint density at radius 1 is 1.06 bits per heavy atom. The fourth-order valence-electron chi connectivity index (χ4n) is 1.24. The van der Waals surface area contributed by atoms with Crippen molar-refractivity contribution in [1.82, 2.24) is 0 Å². The van der Waals surface area contributed by atoms with Crippen molar-refractivity contribution in [2.45, 2.75) is 6.42 Å². The minimum absolute atomic E-state index is 0.605. The maximum absolute atomic E-state index is 10.4. The molecular formula is C13H18O4. The minimum Gasteiger partial charge on any atom is -0.494 e. The standard InChI is InChI=1S/C13H18O4/c1-15-9-10-16-7-2-8-17-13-5-3-12(11-14)4-6-13/h3-6,11H,2,7-10H2,1H3. The number of benzene rings is 1. The van der Waals surface area contributed by atoms with Crippen LogP contribution in [0, 0.1) is 0 Å². The van der Waals surface area contributed by atoms with Gasteiger partial charge in [-0.15, -0.1) is 0 Å². The first-order valence-electron chi connectivity index (χ1n) is 5.61. The fraction of sp³-hybridized carbons (Fsp3) is 0.462. The lowest BCUT2D eigenvalue weighted by Crippen LogP contribution is -2.06. The second-order valence-electron chi connectivity index (χ2n) is 3.49. The Balaban J connectivity index is 2.07. The molecule has 94 valence electrons. The highest BCUT2D eigenvalue weighted by molar-refractivity contribution is 5.74. The molecule has 0 aliphatic rings. The second kappa shape index (κ2) is 8.73. The van der Waals surface area contributed by atoms with Gasteiger partial charge in [0.2, 0.25) is 0 Å². The van der Waals surface area contributed by atoms with Crippen molar-refractivity contribution in [1.29, 1.82) is 0 Å². The molecule has 1 aromatic carbocycles. The number of carbonyl (C=O) groups is 1. The smallest absolute Gasteiger partial charge is 0.150 e. The Kier molecular flexibility index (Phi) is 7.02. The maximum atomic E-state index is 10.4. The molecule has 17 heavy (non-hydrogen) atoms. The Bertz CT molecular complexity index is 308. The number of rotatable bonds is 9. The number of hydrogen-bond acceptors (Lipinski definition) is 4. The van der Waals surface area contributed by atoms with Crippen LogP contribution in [-0.2, 0) is 9.47 Å². The summed E-state index contributed by atoms with van der Waals surface area (Å²) in [5.74, 6) is 0.771. The highest BCUT2D eigenvalue weighted by atomic mass is 16.5. The summed E-state index contributed by atoms with van der Waals surface area (Å²) in [4.78, 5) is 10.4. The first kappa shape index (κ1) is 13.7. The number of hydrogen-bond donors (Lipinski definition) is 0. The van der Waals surface area contributed by atoms with Crippen molar-refractivity contribution in [3.05, 3.63) is 29.8 Å². The van der Waals surface area contributed by atoms with Crippen LogP contribution < -0.4 is 4.74 Å². The van der Waals surface area contributed by atoms with E-state index >= 15 is 0 Å². The van der Waals surface area contributed by atoms with E-state index in [0.717, 1.165) is 18.5 Å². The summed E-state index contributed by atoms with van der Waals surface area (Å²) < 4.78 is 15.6.